The van der Waals surface area contributed by atoms with E-state index in [2.05, 4.69) is 22.3 Å². The maximum atomic E-state index is 14.5. The van der Waals surface area contributed by atoms with Crippen LogP contribution in [0.1, 0.15) is 95.1 Å². The van der Waals surface area contributed by atoms with Crippen molar-refractivity contribution in [1.29, 1.82) is 0 Å². The fourth-order valence-electron chi connectivity index (χ4n) is 4.61. The number of rotatable bonds is 19. The van der Waals surface area contributed by atoms with Crippen molar-refractivity contribution in [2.45, 2.75) is 96.9 Å². The largest absolute Gasteiger partial charge is 0.490 e. The third-order valence-electron chi connectivity index (χ3n) is 6.77. The van der Waals surface area contributed by atoms with Crippen LogP contribution in [0.4, 0.5) is 10.1 Å². The van der Waals surface area contributed by atoms with Gasteiger partial charge in [-0.3, -0.25) is 4.79 Å². The van der Waals surface area contributed by atoms with Crippen molar-refractivity contribution in [3.8, 4) is 5.75 Å². The standard InChI is InChI=1S/C32H43FN2O2S/c1-2-3-4-5-6-7-8-9-10-11-12-13-22-37-32-28(15-14-16-30(32)33)24-31(36)34-29-19-17-27(18-20-29)25-35-21-23-38-26-35/h14-21,23,26H,2-13,22,24-25H2,1H3/p+1. The predicted octanol–water partition coefficient (Wildman–Crippen LogP) is 8.48. The number of hydrogen-bond donors (Lipinski definition) is 1. The number of nitrogens with zero attached hydrogens (tertiary/aromatic N) is 1. The molecule has 2 aromatic carbocycles. The van der Waals surface area contributed by atoms with Gasteiger partial charge < -0.3 is 10.1 Å². The van der Waals surface area contributed by atoms with E-state index < -0.39 is 5.82 Å². The van der Waals surface area contributed by atoms with Crippen LogP contribution in [-0.4, -0.2) is 12.5 Å². The molecule has 206 valence electrons. The molecule has 0 saturated carbocycles. The Morgan fingerprint density at radius 3 is 2.18 bits per heavy atom. The average molecular weight is 540 g/mol. The Morgan fingerprint density at radius 2 is 1.55 bits per heavy atom. The molecule has 0 aliphatic rings. The highest BCUT2D eigenvalue weighted by Gasteiger charge is 2.14. The number of unbranched alkanes of at least 4 members (excludes halogenated alkanes) is 11. The maximum Gasteiger partial charge on any atom is 0.228 e. The third-order valence-corrected chi connectivity index (χ3v) is 7.45. The molecular formula is C32H44FN2O2S+. The van der Waals surface area contributed by atoms with Gasteiger partial charge in [0.2, 0.25) is 11.4 Å². The summed E-state index contributed by atoms with van der Waals surface area (Å²) in [4.78, 5) is 12.7. The minimum Gasteiger partial charge on any atom is -0.490 e. The second-order valence-corrected chi connectivity index (χ2v) is 10.8. The Morgan fingerprint density at radius 1 is 0.895 bits per heavy atom. The molecule has 1 heterocycles. The molecule has 3 rings (SSSR count). The van der Waals surface area contributed by atoms with Crippen molar-refractivity contribution in [2.75, 3.05) is 11.9 Å². The van der Waals surface area contributed by atoms with Crippen LogP contribution < -0.4 is 14.6 Å². The molecule has 0 saturated heterocycles. The van der Waals surface area contributed by atoms with Crippen molar-refractivity contribution in [2.24, 2.45) is 0 Å². The zero-order chi connectivity index (χ0) is 26.8. The van der Waals surface area contributed by atoms with Crippen LogP contribution in [0.15, 0.2) is 59.6 Å². The van der Waals surface area contributed by atoms with Crippen LogP contribution in [0.5, 0.6) is 5.75 Å². The molecule has 1 N–H and O–H groups in total. The van der Waals surface area contributed by atoms with Gasteiger partial charge in [0.25, 0.3) is 0 Å². The summed E-state index contributed by atoms with van der Waals surface area (Å²) in [5, 5.41) is 4.96. The van der Waals surface area contributed by atoms with Gasteiger partial charge in [0.15, 0.2) is 24.3 Å². The summed E-state index contributed by atoms with van der Waals surface area (Å²) >= 11 is 1.66. The number of nitrogens with one attached hydrogen (secondary N) is 1. The number of carbonyl (C=O) groups excluding carboxylic acids is 1. The van der Waals surface area contributed by atoms with E-state index in [1.807, 2.05) is 35.8 Å². The Hall–Kier alpha value is -2.73. The number of amides is 1. The van der Waals surface area contributed by atoms with Crippen molar-refractivity contribution in [1.82, 2.24) is 0 Å². The molecule has 0 atom stereocenters. The normalized spacial score (nSPS) is 11.0. The molecular weight excluding hydrogens is 495 g/mol. The first kappa shape index (κ1) is 29.8. The van der Waals surface area contributed by atoms with E-state index in [0.717, 1.165) is 30.6 Å². The van der Waals surface area contributed by atoms with Gasteiger partial charge in [-0.25, -0.2) is 4.39 Å². The van der Waals surface area contributed by atoms with Gasteiger partial charge in [0.05, 0.1) is 18.4 Å². The highest BCUT2D eigenvalue weighted by molar-refractivity contribution is 7.07. The van der Waals surface area contributed by atoms with Gasteiger partial charge >= 0.3 is 0 Å². The van der Waals surface area contributed by atoms with E-state index in [0.29, 0.717) is 12.2 Å². The lowest BCUT2D eigenvalue weighted by Crippen LogP contribution is -2.30. The third kappa shape index (κ3) is 11.3. The van der Waals surface area contributed by atoms with Crippen LogP contribution in [0.2, 0.25) is 0 Å². The van der Waals surface area contributed by atoms with E-state index >= 15 is 0 Å². The second kappa shape index (κ2) is 17.7. The lowest BCUT2D eigenvalue weighted by Gasteiger charge is -2.13. The number of ether oxygens (including phenoxy) is 1. The fraction of sp³-hybridized carbons (Fsp3) is 0.500. The molecule has 1 aromatic heterocycles. The minimum atomic E-state index is -0.412. The Kier molecular flexibility index (Phi) is 13.9. The Bertz CT molecular complexity index is 1050. The Labute approximate surface area is 232 Å². The Balaban J connectivity index is 1.34. The van der Waals surface area contributed by atoms with Crippen molar-refractivity contribution >= 4 is 22.9 Å². The first-order valence-electron chi connectivity index (χ1n) is 14.4. The highest BCUT2D eigenvalue weighted by Crippen LogP contribution is 2.24. The molecule has 38 heavy (non-hydrogen) atoms. The van der Waals surface area contributed by atoms with Crippen molar-refractivity contribution < 1.29 is 18.5 Å². The summed E-state index contributed by atoms with van der Waals surface area (Å²) in [6.45, 7) is 3.52. The number of benzene rings is 2. The number of aromatic nitrogens is 1. The first-order valence-corrected chi connectivity index (χ1v) is 15.3. The first-order chi connectivity index (χ1) is 18.7. The number of hydrogen-bond acceptors (Lipinski definition) is 3. The van der Waals surface area contributed by atoms with Crippen molar-refractivity contribution in [3.05, 3.63) is 76.5 Å². The topological polar surface area (TPSA) is 42.2 Å². The van der Waals surface area contributed by atoms with Gasteiger partial charge in [-0.1, -0.05) is 113 Å². The van der Waals surface area contributed by atoms with Crippen LogP contribution in [-0.2, 0) is 17.8 Å². The molecule has 0 bridgehead atoms. The lowest BCUT2D eigenvalue weighted by atomic mass is 10.1. The summed E-state index contributed by atoms with van der Waals surface area (Å²) < 4.78 is 22.4. The highest BCUT2D eigenvalue weighted by atomic mass is 32.1. The van der Waals surface area contributed by atoms with Crippen LogP contribution in [0, 0.1) is 5.82 Å². The summed E-state index contributed by atoms with van der Waals surface area (Å²) in [6, 6.07) is 12.6. The van der Waals surface area contributed by atoms with Crippen molar-refractivity contribution in [3.63, 3.8) is 0 Å². The van der Waals surface area contributed by atoms with Crippen LogP contribution in [0.25, 0.3) is 0 Å². The number of anilines is 1. The molecule has 0 radical (unpaired) electrons. The van der Waals surface area contributed by atoms with Gasteiger partial charge in [-0.15, -0.1) is 0 Å². The van der Waals surface area contributed by atoms with E-state index in [4.69, 9.17) is 4.74 Å². The van der Waals surface area contributed by atoms with E-state index in [1.54, 1.807) is 23.5 Å². The zero-order valence-electron chi connectivity index (χ0n) is 22.9. The smallest absolute Gasteiger partial charge is 0.228 e. The molecule has 0 spiro atoms. The fourth-order valence-corrected chi connectivity index (χ4v) is 5.20. The van der Waals surface area contributed by atoms with Crippen LogP contribution in [0.3, 0.4) is 0 Å². The monoisotopic (exact) mass is 539 g/mol. The maximum absolute atomic E-state index is 14.5. The number of thiazole rings is 1. The van der Waals surface area contributed by atoms with Gasteiger partial charge in [-0.05, 0) is 24.6 Å². The summed E-state index contributed by atoms with van der Waals surface area (Å²) in [6.07, 6.45) is 17.3. The molecule has 0 fully saturated rings. The lowest BCUT2D eigenvalue weighted by molar-refractivity contribution is -0.683. The molecule has 6 heteroatoms. The summed E-state index contributed by atoms with van der Waals surface area (Å²) in [7, 11) is 0. The number of carbonyl (C=O) groups is 1. The molecule has 0 aliphatic heterocycles. The van der Waals surface area contributed by atoms with E-state index in [9.17, 15) is 9.18 Å². The molecule has 3 aromatic rings. The quantitative estimate of drug-likeness (QED) is 0.123. The molecule has 4 nitrogen and oxygen atoms in total. The minimum absolute atomic E-state index is 0.0675. The summed E-state index contributed by atoms with van der Waals surface area (Å²) in [5.74, 6) is -0.399. The molecule has 1 amide bonds. The summed E-state index contributed by atoms with van der Waals surface area (Å²) in [5.41, 5.74) is 4.52. The second-order valence-electron chi connectivity index (χ2n) is 10.1. The number of para-hydroxylation sites is 1. The number of halogens is 1. The predicted molar refractivity (Wildman–Crippen MR) is 155 cm³/mol. The van der Waals surface area contributed by atoms with Gasteiger partial charge in [-0.2, -0.15) is 4.57 Å². The van der Waals surface area contributed by atoms with Crippen LogP contribution >= 0.6 is 11.3 Å². The van der Waals surface area contributed by atoms with E-state index in [-0.39, 0.29) is 18.1 Å². The van der Waals surface area contributed by atoms with Gasteiger partial charge in [0, 0.05) is 16.8 Å². The zero-order valence-corrected chi connectivity index (χ0v) is 23.7. The molecule has 0 aliphatic carbocycles. The van der Waals surface area contributed by atoms with Gasteiger partial charge in [0.1, 0.15) is 0 Å². The average Bonchev–Trinajstić information content (AvgIpc) is 3.42. The van der Waals surface area contributed by atoms with E-state index in [1.165, 1.54) is 70.3 Å². The SMILES string of the molecule is CCCCCCCCCCCCCCOc1c(F)cccc1CC(=O)Nc1ccc(C[n+]2ccsc2)cc1. The molecule has 0 unspecified atom stereocenters.